The highest BCUT2D eigenvalue weighted by molar-refractivity contribution is 6.31. The van der Waals surface area contributed by atoms with Gasteiger partial charge in [-0.3, -0.25) is 14.8 Å². The molecule has 13 heteroatoms. The van der Waals surface area contributed by atoms with Crippen molar-refractivity contribution in [1.29, 1.82) is 0 Å². The number of rotatable bonds is 18. The van der Waals surface area contributed by atoms with Gasteiger partial charge in [0.2, 0.25) is 0 Å². The van der Waals surface area contributed by atoms with Crippen LogP contribution in [0.2, 0.25) is 5.02 Å². The number of ether oxygens (including phenoxy) is 2. The van der Waals surface area contributed by atoms with Gasteiger partial charge in [-0.1, -0.05) is 61.2 Å². The Balaban J connectivity index is 1.07. The molecular formula is C40H47ClF2N6O4. The van der Waals surface area contributed by atoms with Gasteiger partial charge >= 0.3 is 5.97 Å². The van der Waals surface area contributed by atoms with Gasteiger partial charge in [0.15, 0.2) is 5.96 Å². The smallest absolute Gasteiger partial charge is 0.305 e. The third-order valence-corrected chi connectivity index (χ3v) is 9.21. The lowest BCUT2D eigenvalue weighted by atomic mass is 9.91. The van der Waals surface area contributed by atoms with E-state index in [2.05, 4.69) is 37.6 Å². The summed E-state index contributed by atoms with van der Waals surface area (Å²) in [4.78, 5) is 24.8. The minimum atomic E-state index is -0.695. The molecule has 0 amide bonds. The Morgan fingerprint density at radius 3 is 2.74 bits per heavy atom. The van der Waals surface area contributed by atoms with Crippen LogP contribution in [0.5, 0.6) is 0 Å². The summed E-state index contributed by atoms with van der Waals surface area (Å²) in [7, 11) is 0. The van der Waals surface area contributed by atoms with Crippen molar-refractivity contribution >= 4 is 36.0 Å². The van der Waals surface area contributed by atoms with Crippen molar-refractivity contribution in [1.82, 2.24) is 16.0 Å². The minimum Gasteiger partial charge on any atom is -0.466 e. The number of benzene rings is 2. The van der Waals surface area contributed by atoms with Gasteiger partial charge in [0.1, 0.15) is 11.6 Å². The van der Waals surface area contributed by atoms with Crippen LogP contribution in [0.1, 0.15) is 74.6 Å². The first-order valence-electron chi connectivity index (χ1n) is 18.1. The van der Waals surface area contributed by atoms with Gasteiger partial charge in [-0.05, 0) is 73.9 Å². The number of carbonyl (C=O) groups excluding carboxylic acids is 1. The maximum absolute atomic E-state index is 14.9. The molecule has 2 aromatic rings. The van der Waals surface area contributed by atoms with Crippen LogP contribution in [0.3, 0.4) is 0 Å². The van der Waals surface area contributed by atoms with E-state index in [1.165, 1.54) is 18.2 Å². The van der Waals surface area contributed by atoms with Crippen molar-refractivity contribution in [3.05, 3.63) is 117 Å². The van der Waals surface area contributed by atoms with E-state index in [0.717, 1.165) is 48.8 Å². The van der Waals surface area contributed by atoms with Gasteiger partial charge in [0.05, 0.1) is 54.9 Å². The number of aliphatic imine (C=N–C) groups is 3. The van der Waals surface area contributed by atoms with Crippen LogP contribution in [-0.2, 0) is 14.3 Å². The van der Waals surface area contributed by atoms with E-state index in [1.54, 1.807) is 24.5 Å². The number of carbonyl (C=O) groups is 1. The first kappa shape index (κ1) is 39.6. The summed E-state index contributed by atoms with van der Waals surface area (Å²) in [6.45, 7) is 7.24. The van der Waals surface area contributed by atoms with Gasteiger partial charge in [-0.2, -0.15) is 0 Å². The molecule has 10 nitrogen and oxygen atoms in total. The molecule has 0 saturated heterocycles. The van der Waals surface area contributed by atoms with Gasteiger partial charge < -0.3 is 30.5 Å². The zero-order valence-corrected chi connectivity index (χ0v) is 30.7. The molecule has 0 fully saturated rings. The van der Waals surface area contributed by atoms with Crippen LogP contribution >= 0.6 is 11.6 Å². The van der Waals surface area contributed by atoms with Crippen molar-refractivity contribution in [2.24, 2.45) is 15.0 Å². The maximum Gasteiger partial charge on any atom is 0.305 e. The molecule has 3 aliphatic rings. The summed E-state index contributed by atoms with van der Waals surface area (Å²) >= 11 is 6.37. The number of aliphatic hydroxyl groups excluding tert-OH is 1. The maximum atomic E-state index is 14.9. The van der Waals surface area contributed by atoms with Crippen LogP contribution < -0.4 is 16.0 Å². The summed E-state index contributed by atoms with van der Waals surface area (Å²) in [6.07, 6.45) is 14.7. The summed E-state index contributed by atoms with van der Waals surface area (Å²) in [6, 6.07) is 8.63. The van der Waals surface area contributed by atoms with E-state index in [-0.39, 0.29) is 42.5 Å². The van der Waals surface area contributed by atoms with Crippen molar-refractivity contribution in [2.45, 2.75) is 70.1 Å². The SMILES string of the molecule is C=N/C(=C\NCC(O)COCCCCCCCC(=O)OCC)C1=CCC(NC2=NC=C3CN=C(c4c(F)cccc4F)c4cc(Cl)ccc4C3N2)C=C1. The van der Waals surface area contributed by atoms with E-state index < -0.39 is 17.7 Å². The van der Waals surface area contributed by atoms with Crippen LogP contribution in [-0.4, -0.2) is 74.5 Å². The third kappa shape index (κ3) is 11.2. The second-order valence-corrected chi connectivity index (χ2v) is 13.3. The number of esters is 1. The highest BCUT2D eigenvalue weighted by atomic mass is 35.5. The number of halogens is 3. The van der Waals surface area contributed by atoms with E-state index in [9.17, 15) is 18.7 Å². The van der Waals surface area contributed by atoms with Gasteiger partial charge in [0.25, 0.3) is 0 Å². The predicted molar refractivity (Wildman–Crippen MR) is 205 cm³/mol. The predicted octanol–water partition coefficient (Wildman–Crippen LogP) is 6.61. The number of unbranched alkanes of at least 4 members (excludes halogenated alkanes) is 4. The highest BCUT2D eigenvalue weighted by Gasteiger charge is 2.31. The fourth-order valence-electron chi connectivity index (χ4n) is 6.28. The topological polar surface area (TPSA) is 129 Å². The van der Waals surface area contributed by atoms with Crippen molar-refractivity contribution < 1.29 is 28.2 Å². The molecule has 3 atom stereocenters. The average Bonchev–Trinajstić information content (AvgIpc) is 3.29. The molecule has 0 spiro atoms. The highest BCUT2D eigenvalue weighted by Crippen LogP contribution is 2.34. The molecule has 4 N–H and O–H groups in total. The van der Waals surface area contributed by atoms with Gasteiger partial charge in [-0.25, -0.2) is 13.8 Å². The van der Waals surface area contributed by atoms with Crippen molar-refractivity contribution in [2.75, 3.05) is 32.9 Å². The van der Waals surface area contributed by atoms with Crippen molar-refractivity contribution in [3.63, 3.8) is 0 Å². The lowest BCUT2D eigenvalue weighted by Crippen LogP contribution is -2.46. The van der Waals surface area contributed by atoms with E-state index in [1.807, 2.05) is 31.2 Å². The normalized spacial score (nSPS) is 18.5. The molecule has 2 heterocycles. The number of hydrogen-bond acceptors (Lipinski definition) is 10. The first-order valence-corrected chi connectivity index (χ1v) is 18.4. The summed E-state index contributed by atoms with van der Waals surface area (Å²) in [5.41, 5.74) is 3.72. The Bertz CT molecular complexity index is 1790. The number of aliphatic hydroxyl groups is 1. The third-order valence-electron chi connectivity index (χ3n) is 8.98. The molecule has 0 saturated carbocycles. The molecule has 0 aromatic heterocycles. The van der Waals surface area contributed by atoms with Crippen LogP contribution in [0.4, 0.5) is 8.78 Å². The number of nitrogens with one attached hydrogen (secondary N) is 3. The monoisotopic (exact) mass is 748 g/mol. The van der Waals surface area contributed by atoms with Crippen LogP contribution in [0.15, 0.2) is 98.8 Å². The molecule has 53 heavy (non-hydrogen) atoms. The van der Waals surface area contributed by atoms with Gasteiger partial charge in [-0.15, -0.1) is 0 Å². The molecule has 282 valence electrons. The zero-order valence-electron chi connectivity index (χ0n) is 29.9. The molecule has 2 aromatic carbocycles. The van der Waals surface area contributed by atoms with E-state index >= 15 is 0 Å². The lowest BCUT2D eigenvalue weighted by molar-refractivity contribution is -0.143. The quantitative estimate of drug-likeness (QED) is 0.0768. The second kappa shape index (κ2) is 20.0. The molecule has 1 aliphatic carbocycles. The first-order chi connectivity index (χ1) is 25.8. The van der Waals surface area contributed by atoms with Crippen molar-refractivity contribution in [3.8, 4) is 0 Å². The Morgan fingerprint density at radius 2 is 1.98 bits per heavy atom. The zero-order chi connectivity index (χ0) is 37.6. The van der Waals surface area contributed by atoms with Crippen LogP contribution in [0.25, 0.3) is 0 Å². The second-order valence-electron chi connectivity index (χ2n) is 12.9. The Labute approximate surface area is 314 Å². The number of fused-ring (bicyclic) bond motifs is 3. The summed E-state index contributed by atoms with van der Waals surface area (Å²) < 4.78 is 40.4. The number of guanidine groups is 1. The van der Waals surface area contributed by atoms with Gasteiger partial charge in [0, 0.05) is 42.6 Å². The number of hydrogen-bond donors (Lipinski definition) is 4. The Kier molecular flexibility index (Phi) is 14.9. The number of nitrogens with zero attached hydrogens (tertiary/aromatic N) is 3. The number of allylic oxidation sites excluding steroid dienone is 1. The summed E-state index contributed by atoms with van der Waals surface area (Å²) in [5, 5.41) is 20.8. The van der Waals surface area contributed by atoms with E-state index in [0.29, 0.717) is 54.8 Å². The summed E-state index contributed by atoms with van der Waals surface area (Å²) in [5.74, 6) is -0.975. The van der Waals surface area contributed by atoms with Crippen LogP contribution in [0, 0.1) is 11.6 Å². The van der Waals surface area contributed by atoms with E-state index in [4.69, 9.17) is 21.1 Å². The molecule has 2 aliphatic heterocycles. The standard InChI is InChI=1S/C40H47ClF2N6O4/c1-3-53-36(51)12-7-5-4-6-8-19-52-25-30(50)23-45-24-35(44-2)26-13-16-29(17-14-26)48-40-47-22-27-21-46-39(37-33(42)10-9-11-34(37)43)32-20-28(41)15-18-31(32)38(27)49-40/h9-11,13-16,18,20,22,24,29-30,38,45,50H,2-8,12,17,19,21,23,25H2,1H3,(H2,47,48,49)/b35-24-. The molecular weight excluding hydrogens is 702 g/mol. The minimum absolute atomic E-state index is 0.0719. The lowest BCUT2D eigenvalue weighted by Gasteiger charge is -2.29. The molecule has 3 unspecified atom stereocenters. The largest absolute Gasteiger partial charge is 0.466 e. The fourth-order valence-corrected chi connectivity index (χ4v) is 6.45. The Hall–Kier alpha value is -4.65. The molecule has 5 rings (SSSR count). The average molecular weight is 749 g/mol. The fraction of sp³-hybridized carbons (Fsp3) is 0.400. The Morgan fingerprint density at radius 1 is 1.19 bits per heavy atom. The molecule has 0 radical (unpaired) electrons. The molecule has 0 bridgehead atoms.